The van der Waals surface area contributed by atoms with Crippen molar-refractivity contribution < 1.29 is 4.42 Å². The van der Waals surface area contributed by atoms with Gasteiger partial charge in [-0.25, -0.2) is 4.85 Å². The first kappa shape index (κ1) is 52.0. The van der Waals surface area contributed by atoms with Crippen LogP contribution in [0.5, 0.6) is 0 Å². The van der Waals surface area contributed by atoms with E-state index in [9.17, 15) is 11.8 Å². The van der Waals surface area contributed by atoms with Gasteiger partial charge in [0.25, 0.3) is 0 Å². The summed E-state index contributed by atoms with van der Waals surface area (Å²) < 4.78 is 19.0. The zero-order chi connectivity index (χ0) is 60.6. The third-order valence-corrected chi connectivity index (χ3v) is 20.3. The molecular weight excluding hydrogens is 1120 g/mol. The molecule has 8 heteroatoms. The fraction of sp³-hybridized carbons (Fsp3) is 0.0976. The van der Waals surface area contributed by atoms with E-state index in [0.717, 1.165) is 130 Å². The third-order valence-electron chi connectivity index (χ3n) is 19.1. The van der Waals surface area contributed by atoms with Gasteiger partial charge in [-0.3, -0.25) is 0 Å². The molecule has 0 aliphatic heterocycles. The molecular formula is C82H56N6OS. The highest BCUT2D eigenvalue weighted by molar-refractivity contribution is 7.26. The van der Waals surface area contributed by atoms with Crippen LogP contribution in [-0.4, -0.2) is 18.3 Å². The Labute approximate surface area is 522 Å². The van der Waals surface area contributed by atoms with Gasteiger partial charge in [-0.2, -0.15) is 5.26 Å². The molecule has 6 heterocycles. The van der Waals surface area contributed by atoms with E-state index in [4.69, 9.17) is 9.26 Å². The molecule has 0 fully saturated rings. The molecule has 90 heavy (non-hydrogen) atoms. The number of nitriles is 1. The first-order chi connectivity index (χ1) is 43.9. The molecule has 12 aromatic carbocycles. The number of thiophene rings is 1. The van der Waals surface area contributed by atoms with E-state index in [1.54, 1.807) is 11.3 Å². The van der Waals surface area contributed by atoms with Crippen molar-refractivity contribution >= 4 is 146 Å². The average molecular weight is 1170 g/mol. The Morgan fingerprint density at radius 2 is 0.933 bits per heavy atom. The van der Waals surface area contributed by atoms with Gasteiger partial charge in [0.2, 0.25) is 5.69 Å². The molecule has 0 saturated carbocycles. The number of furan rings is 1. The predicted molar refractivity (Wildman–Crippen MR) is 378 cm³/mol. The molecule has 0 aliphatic carbocycles. The Balaban J connectivity index is 1.17. The van der Waals surface area contributed by atoms with Gasteiger partial charge in [-0.1, -0.05) is 205 Å². The topological polar surface area (TPSA) is 61.0 Å². The van der Waals surface area contributed by atoms with Crippen LogP contribution in [0.25, 0.3) is 168 Å². The second-order valence-corrected chi connectivity index (χ2v) is 27.2. The van der Waals surface area contributed by atoms with Crippen molar-refractivity contribution in [2.75, 3.05) is 0 Å². The van der Waals surface area contributed by atoms with E-state index in [1.807, 2.05) is 6.07 Å². The minimum absolute atomic E-state index is 0.211. The molecule has 0 unspecified atom stereocenters. The number of hydrogen-bond acceptors (Lipinski definition) is 3. The summed E-state index contributed by atoms with van der Waals surface area (Å²) in [5, 5.41) is 25.8. The number of para-hydroxylation sites is 5. The Hall–Kier alpha value is -11.2. The van der Waals surface area contributed by atoms with E-state index >= 15 is 0 Å². The Morgan fingerprint density at radius 1 is 0.411 bits per heavy atom. The number of hydrogen-bond donors (Lipinski definition) is 0. The summed E-state index contributed by atoms with van der Waals surface area (Å²) in [6.45, 7) is 23.9. The molecule has 6 aromatic heterocycles. The molecule has 18 aromatic rings. The molecule has 0 amide bonds. The molecule has 426 valence electrons. The van der Waals surface area contributed by atoms with Crippen LogP contribution in [0.15, 0.2) is 235 Å². The lowest BCUT2D eigenvalue weighted by Crippen LogP contribution is -2.15. The van der Waals surface area contributed by atoms with E-state index in [1.165, 1.54) is 15.6 Å². The minimum Gasteiger partial charge on any atom is -0.454 e. The first-order valence-electron chi connectivity index (χ1n) is 30.8. The number of aromatic nitrogens is 4. The maximum atomic E-state index is 13.2. The Morgan fingerprint density at radius 3 is 1.54 bits per heavy atom. The summed E-state index contributed by atoms with van der Waals surface area (Å²) in [6, 6.07) is 85.6. The maximum Gasteiger partial charge on any atom is 0.237 e. The van der Waals surface area contributed by atoms with E-state index in [2.05, 4.69) is 290 Å². The van der Waals surface area contributed by atoms with Crippen LogP contribution in [0.3, 0.4) is 0 Å². The van der Waals surface area contributed by atoms with Crippen molar-refractivity contribution in [3.05, 3.63) is 259 Å². The Kier molecular flexibility index (Phi) is 10.8. The summed E-state index contributed by atoms with van der Waals surface area (Å²) in [5.41, 5.74) is 15.9. The van der Waals surface area contributed by atoms with Crippen molar-refractivity contribution in [1.29, 1.82) is 5.26 Å². The lowest BCUT2D eigenvalue weighted by atomic mass is 9.82. The van der Waals surface area contributed by atoms with Crippen LogP contribution in [0, 0.1) is 17.9 Å². The average Bonchev–Trinajstić information content (AvgIpc) is 1.48. The van der Waals surface area contributed by atoms with Gasteiger partial charge >= 0.3 is 0 Å². The normalized spacial score (nSPS) is 12.5. The van der Waals surface area contributed by atoms with Gasteiger partial charge in [0, 0.05) is 69.3 Å². The molecule has 0 aliphatic rings. The van der Waals surface area contributed by atoms with Crippen LogP contribution >= 0.6 is 11.3 Å². The van der Waals surface area contributed by atoms with Crippen molar-refractivity contribution in [2.24, 2.45) is 0 Å². The van der Waals surface area contributed by atoms with Gasteiger partial charge in [-0.05, 0) is 99.8 Å². The van der Waals surface area contributed by atoms with Crippen LogP contribution < -0.4 is 0 Å². The highest BCUT2D eigenvalue weighted by Crippen LogP contribution is 2.55. The van der Waals surface area contributed by atoms with Crippen LogP contribution in [-0.2, 0) is 10.8 Å². The molecule has 0 radical (unpaired) electrons. The lowest BCUT2D eigenvalue weighted by molar-refractivity contribution is 0.591. The van der Waals surface area contributed by atoms with Crippen LogP contribution in [0.4, 0.5) is 5.69 Å². The zero-order valence-corrected chi connectivity index (χ0v) is 51.3. The fourth-order valence-electron chi connectivity index (χ4n) is 15.1. The number of fused-ring (bicyclic) bond motifs is 20. The molecule has 18 rings (SSSR count). The molecule has 0 saturated heterocycles. The quantitative estimate of drug-likeness (QED) is 0.161. The maximum absolute atomic E-state index is 13.2. The molecule has 0 atom stereocenters. The standard InChI is InChI=1S/C82H56N6OS/c1-81(2,3)49-38-42-68-59(44-49)60-45-62(82(4,5)6)71-57-30-15-21-35-69(57)89-79(71)75(60)87(68)73-61(46-83)74(85-63-31-17-11-25-50(63)51-26-12-18-32-64(51)85)78(77(72(73)84-7)86-65-33-19-13-27-52(65)53-28-14-20-34-66(53)86)88-67-41-37-48(47-23-9-8-10-24-47)43-58(67)55-39-40-56-54-29-16-22-36-70(54)90-80(56)76(55)88/h8-45H,1-6H3. The van der Waals surface area contributed by atoms with Gasteiger partial charge in [0.05, 0.1) is 83.7 Å². The summed E-state index contributed by atoms with van der Waals surface area (Å²) in [5.74, 6) is 0. The van der Waals surface area contributed by atoms with Gasteiger partial charge in [0.1, 0.15) is 11.7 Å². The van der Waals surface area contributed by atoms with E-state index in [-0.39, 0.29) is 10.8 Å². The zero-order valence-electron chi connectivity index (χ0n) is 50.4. The number of rotatable bonds is 5. The van der Waals surface area contributed by atoms with Crippen molar-refractivity contribution in [3.63, 3.8) is 0 Å². The van der Waals surface area contributed by atoms with Crippen LogP contribution in [0.1, 0.15) is 58.2 Å². The smallest absolute Gasteiger partial charge is 0.237 e. The predicted octanol–water partition coefficient (Wildman–Crippen LogP) is 23.0. The van der Waals surface area contributed by atoms with Gasteiger partial charge in [0.15, 0.2) is 5.58 Å². The molecule has 0 bridgehead atoms. The largest absolute Gasteiger partial charge is 0.454 e. The molecule has 0 N–H and O–H groups in total. The third kappa shape index (κ3) is 7.08. The SMILES string of the molecule is [C-]#[N+]c1c(-n2c3ccccc3c3ccccc32)c(-n2c3ccc(-c4ccccc4)cc3c3ccc4c5ccccc5sc4c32)c(-n2c3ccccc3c3ccccc32)c(C#N)c1-n1c2ccc(C(C)(C)C)cc2c2cc(C(C)(C)C)c3c4ccccc4oc3c21. The van der Waals surface area contributed by atoms with Crippen molar-refractivity contribution in [3.8, 4) is 39.9 Å². The summed E-state index contributed by atoms with van der Waals surface area (Å²) in [4.78, 5) is 4.99. The highest BCUT2D eigenvalue weighted by atomic mass is 32.1. The van der Waals surface area contributed by atoms with Crippen molar-refractivity contribution in [1.82, 2.24) is 18.3 Å². The van der Waals surface area contributed by atoms with Crippen LogP contribution in [0.2, 0.25) is 0 Å². The lowest BCUT2D eigenvalue weighted by Gasteiger charge is -2.27. The van der Waals surface area contributed by atoms with Crippen molar-refractivity contribution in [2.45, 2.75) is 52.4 Å². The first-order valence-corrected chi connectivity index (χ1v) is 31.6. The Bertz CT molecular complexity index is 6010. The monoisotopic (exact) mass is 1170 g/mol. The van der Waals surface area contributed by atoms with E-state index < -0.39 is 0 Å². The second-order valence-electron chi connectivity index (χ2n) is 26.1. The highest BCUT2D eigenvalue weighted by Gasteiger charge is 2.37. The number of benzene rings is 12. The van der Waals surface area contributed by atoms with Gasteiger partial charge in [-0.15, -0.1) is 11.3 Å². The molecule has 7 nitrogen and oxygen atoms in total. The second kappa shape index (κ2) is 18.7. The summed E-state index contributed by atoms with van der Waals surface area (Å²) >= 11 is 1.79. The number of nitrogens with zero attached hydrogens (tertiary/aromatic N) is 6. The van der Waals surface area contributed by atoms with Gasteiger partial charge < -0.3 is 22.7 Å². The fourth-order valence-corrected chi connectivity index (χ4v) is 16.3. The summed E-state index contributed by atoms with van der Waals surface area (Å²) in [6.07, 6.45) is 0. The summed E-state index contributed by atoms with van der Waals surface area (Å²) in [7, 11) is 0. The molecule has 0 spiro atoms. The van der Waals surface area contributed by atoms with E-state index in [0.29, 0.717) is 39.6 Å². The minimum atomic E-state index is -0.312.